The molecule has 0 bridgehead atoms. The minimum Gasteiger partial charge on any atom is -0.342 e. The van der Waals surface area contributed by atoms with E-state index < -0.39 is 157 Å². The van der Waals surface area contributed by atoms with Gasteiger partial charge in [0.1, 0.15) is 54.2 Å². The summed E-state index contributed by atoms with van der Waals surface area (Å²) in [6.07, 6.45) is 0.619. The first-order valence-electron chi connectivity index (χ1n) is 32.6. The van der Waals surface area contributed by atoms with Gasteiger partial charge < -0.3 is 60.5 Å². The maximum atomic E-state index is 15.5. The van der Waals surface area contributed by atoms with Crippen LogP contribution in [0.15, 0.2) is 72.8 Å². The van der Waals surface area contributed by atoms with E-state index in [0.29, 0.717) is 48.5 Å². The van der Waals surface area contributed by atoms with Gasteiger partial charge in [-0.1, -0.05) is 114 Å². The van der Waals surface area contributed by atoms with Crippen molar-refractivity contribution in [2.75, 3.05) is 82.1 Å². The topological polar surface area (TPSA) is 279 Å². The molecule has 2 fully saturated rings. The third kappa shape index (κ3) is 22.2. The lowest BCUT2D eigenvalue weighted by molar-refractivity contribution is -0.150. The van der Waals surface area contributed by atoms with Gasteiger partial charge in [0.25, 0.3) is 0 Å². The van der Waals surface area contributed by atoms with Crippen molar-refractivity contribution in [1.29, 1.82) is 0 Å². The van der Waals surface area contributed by atoms with E-state index in [2.05, 4.69) is 21.3 Å². The highest BCUT2D eigenvalue weighted by molar-refractivity contribution is 6.31. The minimum absolute atomic E-state index is 0.00335. The van der Waals surface area contributed by atoms with Crippen molar-refractivity contribution >= 4 is 94.1 Å². The van der Waals surface area contributed by atoms with Gasteiger partial charge in [0, 0.05) is 91.7 Å². The quantitative estimate of drug-likeness (QED) is 0.189. The zero-order valence-corrected chi connectivity index (χ0v) is 59.3. The maximum Gasteiger partial charge on any atom is 0.246 e. The fraction of sp³-hybridized carbons (Fsp3) is 0.565. The second-order valence-corrected chi connectivity index (χ2v) is 27.3. The van der Waals surface area contributed by atoms with Crippen LogP contribution in [0.5, 0.6) is 0 Å². The van der Waals surface area contributed by atoms with Crippen LogP contribution in [0.1, 0.15) is 104 Å². The molecule has 3 aromatic rings. The average Bonchev–Trinajstić information content (AvgIpc) is 0.889. The molecule has 27 heteroatoms. The zero-order valence-electron chi connectivity index (χ0n) is 57.8. The maximum absolute atomic E-state index is 15.5. The summed E-state index contributed by atoms with van der Waals surface area (Å²) in [5.74, 6) is -10.6. The Morgan fingerprint density at radius 3 is 1.67 bits per heavy atom. The Kier molecular flexibility index (Phi) is 29.6. The number of hydrogen-bond acceptors (Lipinski definition) is 12. The van der Waals surface area contributed by atoms with E-state index in [-0.39, 0.29) is 54.5 Å². The molecule has 0 aromatic heterocycles. The molecule has 2 aliphatic heterocycles. The van der Waals surface area contributed by atoms with Gasteiger partial charge in [-0.25, -0.2) is 4.39 Å². The molecule has 2 saturated heterocycles. The van der Waals surface area contributed by atoms with Crippen LogP contribution in [0, 0.1) is 23.6 Å². The Hall–Kier alpha value is -8.19. The number of nitrogens with one attached hydrogen (secondary N) is 4. The predicted molar refractivity (Wildman–Crippen MR) is 362 cm³/mol. The fourth-order valence-electron chi connectivity index (χ4n) is 11.6. The van der Waals surface area contributed by atoms with Gasteiger partial charge in [-0.05, 0) is 97.4 Å². The molecule has 3 aromatic carbocycles. The molecule has 0 aliphatic carbocycles. The lowest BCUT2D eigenvalue weighted by Gasteiger charge is -2.37. The van der Waals surface area contributed by atoms with E-state index in [4.69, 9.17) is 23.2 Å². The summed E-state index contributed by atoms with van der Waals surface area (Å²) in [5.41, 5.74) is 1.37. The lowest BCUT2D eigenvalue weighted by atomic mass is 9.97. The Morgan fingerprint density at radius 2 is 1.08 bits per heavy atom. The number of likely N-dealkylation sites (N-methyl/N-ethyl adjacent to an activating group) is 7. The number of likely N-dealkylation sites (tertiary alicyclic amines) is 1. The van der Waals surface area contributed by atoms with Crippen molar-refractivity contribution in [3.8, 4) is 0 Å². The summed E-state index contributed by atoms with van der Waals surface area (Å²) in [4.78, 5) is 185. The number of rotatable bonds is 13. The van der Waals surface area contributed by atoms with Crippen LogP contribution in [-0.2, 0) is 76.8 Å². The predicted octanol–water partition coefficient (Wildman–Crippen LogP) is 3.97. The smallest absolute Gasteiger partial charge is 0.246 e. The molecule has 0 radical (unpaired) electrons. The van der Waals surface area contributed by atoms with E-state index in [1.165, 1.54) is 77.0 Å². The van der Waals surface area contributed by atoms with Crippen molar-refractivity contribution in [3.05, 3.63) is 105 Å². The van der Waals surface area contributed by atoms with E-state index in [0.717, 1.165) is 36.6 Å². The SMILES string of the molecule is CC[C@H](C)[C@@H]1NC(=O)[C@H](C)N(C)C(=O)C[C@@H](C(=O)N2CCCC2)NC(=O)[C@H](CC(C)C)N(C)C(=O)[C@H](Cc2ccccc2)N(C)C(=O)[C@H](CC(C)C)NC(=O)[C@H](Cc2cc(F)cc(Cl)c2)NC(=O)CN(C)C(=O)[C@H](Cc2ccc(Cl)cc2)N(C)C(=O)CN(C)C(=O)CN(C)C1=O. The number of halogens is 3. The van der Waals surface area contributed by atoms with Crippen LogP contribution >= 0.6 is 23.2 Å². The van der Waals surface area contributed by atoms with Crippen LogP contribution in [-0.4, -0.2) is 240 Å². The highest BCUT2D eigenvalue weighted by Crippen LogP contribution is 2.23. The Labute approximate surface area is 573 Å². The van der Waals surface area contributed by atoms with Gasteiger partial charge in [0.05, 0.1) is 26.1 Å². The summed E-state index contributed by atoms with van der Waals surface area (Å²) in [6.45, 7) is 11.1. The van der Waals surface area contributed by atoms with Crippen molar-refractivity contribution in [2.45, 2.75) is 155 Å². The molecule has 0 saturated carbocycles. The van der Waals surface area contributed by atoms with Crippen molar-refractivity contribution in [1.82, 2.24) is 60.5 Å². The first-order valence-corrected chi connectivity index (χ1v) is 33.4. The number of carbonyl (C=O) groups excluding carboxylic acids is 12. The second-order valence-electron chi connectivity index (χ2n) is 26.4. The van der Waals surface area contributed by atoms with E-state index in [1.807, 2.05) is 13.8 Å². The highest BCUT2D eigenvalue weighted by Gasteiger charge is 2.42. The molecule has 5 rings (SSSR count). The Balaban J connectivity index is 1.64. The first-order chi connectivity index (χ1) is 45.1. The second kappa shape index (κ2) is 36.2. The molecule has 2 aliphatic rings. The van der Waals surface area contributed by atoms with E-state index >= 15 is 18.8 Å². The molecule has 526 valence electrons. The number of nitrogens with zero attached hydrogens (tertiary/aromatic N) is 8. The molecule has 4 N–H and O–H groups in total. The Bertz CT molecular complexity index is 3250. The van der Waals surface area contributed by atoms with Gasteiger partial charge in [0.15, 0.2) is 0 Å². The average molecular weight is 1380 g/mol. The third-order valence-corrected chi connectivity index (χ3v) is 18.3. The highest BCUT2D eigenvalue weighted by atomic mass is 35.5. The minimum atomic E-state index is -1.56. The number of amides is 12. The van der Waals surface area contributed by atoms with Crippen LogP contribution in [0.25, 0.3) is 0 Å². The summed E-state index contributed by atoms with van der Waals surface area (Å²) in [5, 5.41) is 11.4. The van der Waals surface area contributed by atoms with Crippen molar-refractivity contribution < 1.29 is 61.9 Å². The van der Waals surface area contributed by atoms with E-state index in [9.17, 15) is 43.2 Å². The zero-order chi connectivity index (χ0) is 71.6. The van der Waals surface area contributed by atoms with Crippen LogP contribution in [0.3, 0.4) is 0 Å². The van der Waals surface area contributed by atoms with Gasteiger partial charge in [-0.2, -0.15) is 0 Å². The largest absolute Gasteiger partial charge is 0.342 e. The first kappa shape index (κ1) is 78.5. The van der Waals surface area contributed by atoms with Gasteiger partial charge >= 0.3 is 0 Å². The molecule has 24 nitrogen and oxygen atoms in total. The molecule has 12 amide bonds. The van der Waals surface area contributed by atoms with Gasteiger partial charge in [-0.3, -0.25) is 57.5 Å². The summed E-state index contributed by atoms with van der Waals surface area (Å²) < 4.78 is 15.0. The summed E-state index contributed by atoms with van der Waals surface area (Å²) in [7, 11) is 9.50. The molecule has 9 atom stereocenters. The molecular weight excluding hydrogens is 1280 g/mol. The van der Waals surface area contributed by atoms with Crippen LogP contribution < -0.4 is 21.3 Å². The van der Waals surface area contributed by atoms with Crippen LogP contribution in [0.4, 0.5) is 4.39 Å². The van der Waals surface area contributed by atoms with Crippen LogP contribution in [0.2, 0.25) is 10.0 Å². The summed E-state index contributed by atoms with van der Waals surface area (Å²) in [6, 6.07) is 8.02. The number of benzene rings is 3. The molecule has 2 heterocycles. The molecular formula is C69H97Cl2FN12O12. The lowest BCUT2D eigenvalue weighted by Crippen LogP contribution is -2.61. The number of carbonyl (C=O) groups is 12. The van der Waals surface area contributed by atoms with Crippen molar-refractivity contribution in [3.63, 3.8) is 0 Å². The number of hydrogen-bond donors (Lipinski definition) is 4. The van der Waals surface area contributed by atoms with E-state index in [1.54, 1.807) is 82.3 Å². The van der Waals surface area contributed by atoms with Gasteiger partial charge in [0.2, 0.25) is 70.9 Å². The van der Waals surface area contributed by atoms with Gasteiger partial charge in [-0.15, -0.1) is 0 Å². The van der Waals surface area contributed by atoms with Crippen molar-refractivity contribution in [2.24, 2.45) is 17.8 Å². The monoisotopic (exact) mass is 1370 g/mol. The summed E-state index contributed by atoms with van der Waals surface area (Å²) >= 11 is 12.5. The fourth-order valence-corrected chi connectivity index (χ4v) is 11.9. The molecule has 96 heavy (non-hydrogen) atoms. The normalized spacial score (nSPS) is 23.8. The Morgan fingerprint density at radius 1 is 0.521 bits per heavy atom. The molecule has 0 unspecified atom stereocenters. The standard InChI is InChI=1S/C69H97Cl2FN12O12/c1-15-43(6)61-69(96)79(10)39-59(87)77(8)40-60(88)81(12)55(35-46-23-25-48(70)26-24-46)67(94)78(9)38-57(85)73-51(33-47-31-49(71)36-50(72)32-47)63(90)74-52(29-41(2)3)65(92)83(14)56(34-45-21-17-16-18-22-45)68(95)82(13)54(30-42(4)5)64(91)75-53(66(93)84-27-19-20-28-84)37-58(86)80(11)44(7)62(89)76-61/h16-18,21-26,31-32,36,41-44,51-56,61H,15,19-20,27-30,33-35,37-40H2,1-14H3,(H,73,85)(H,74,90)(H,75,91)(H,76,89)/t43-,44-,51-,52-,53-,54-,55-,56-,61-/m0/s1. The molecule has 0 spiro atoms. The third-order valence-electron chi connectivity index (χ3n) is 17.9.